The smallest absolute Gasteiger partial charge is 0.185 e. The summed E-state index contributed by atoms with van der Waals surface area (Å²) in [6.07, 6.45) is 3.11. The number of phenols is 1. The molecule has 0 spiro atoms. The van der Waals surface area contributed by atoms with Crippen molar-refractivity contribution in [1.82, 2.24) is 0 Å². The van der Waals surface area contributed by atoms with Crippen LogP contribution < -0.4 is 0 Å². The molecular formula is C15H10Cl2O2. The van der Waals surface area contributed by atoms with Gasteiger partial charge in [0.05, 0.1) is 10.0 Å². The second kappa shape index (κ2) is 5.91. The predicted molar refractivity (Wildman–Crippen MR) is 77.9 cm³/mol. The number of carbonyl (C=O) groups excluding carboxylic acids is 1. The number of hydrogen-bond acceptors (Lipinski definition) is 2. The first-order valence-corrected chi connectivity index (χ1v) is 6.28. The minimum absolute atomic E-state index is 0.130. The predicted octanol–water partition coefficient (Wildman–Crippen LogP) is 4.60. The van der Waals surface area contributed by atoms with E-state index in [0.29, 0.717) is 15.6 Å². The zero-order valence-electron chi connectivity index (χ0n) is 9.81. The molecule has 2 aromatic carbocycles. The first-order valence-electron chi connectivity index (χ1n) is 5.53. The van der Waals surface area contributed by atoms with E-state index in [4.69, 9.17) is 28.3 Å². The molecule has 1 N–H and O–H groups in total. The third-order valence-corrected chi connectivity index (χ3v) is 3.26. The Labute approximate surface area is 120 Å². The molecule has 2 aromatic rings. The van der Waals surface area contributed by atoms with Crippen molar-refractivity contribution >= 4 is 35.1 Å². The van der Waals surface area contributed by atoms with Crippen molar-refractivity contribution in [3.63, 3.8) is 0 Å². The van der Waals surface area contributed by atoms with Crippen molar-refractivity contribution in [2.45, 2.75) is 0 Å². The van der Waals surface area contributed by atoms with Crippen molar-refractivity contribution in [3.05, 3.63) is 69.7 Å². The van der Waals surface area contributed by atoms with Crippen LogP contribution in [-0.4, -0.2) is 10.9 Å². The van der Waals surface area contributed by atoms with Crippen LogP contribution in [0.5, 0.6) is 5.75 Å². The summed E-state index contributed by atoms with van der Waals surface area (Å²) in [5.74, 6) is -0.0175. The highest BCUT2D eigenvalue weighted by atomic mass is 35.5. The number of phenolic OH excluding ortho intramolecular Hbond substituents is 1. The van der Waals surface area contributed by atoms with E-state index >= 15 is 0 Å². The number of carbonyl (C=O) groups is 1. The van der Waals surface area contributed by atoms with Crippen LogP contribution in [0.1, 0.15) is 15.9 Å². The van der Waals surface area contributed by atoms with Gasteiger partial charge in [-0.3, -0.25) is 4.79 Å². The number of aromatic hydroxyl groups is 1. The van der Waals surface area contributed by atoms with Gasteiger partial charge in [-0.1, -0.05) is 35.3 Å². The molecule has 0 fully saturated rings. The van der Waals surface area contributed by atoms with E-state index in [1.165, 1.54) is 18.2 Å². The largest absolute Gasteiger partial charge is 0.508 e. The number of allylic oxidation sites excluding steroid dienone is 1. The second-order valence-electron chi connectivity index (χ2n) is 3.92. The SMILES string of the molecule is O=C(/C=C\c1ccc(Cl)c(Cl)c1)c1ccc(O)cc1. The van der Waals surface area contributed by atoms with Crippen molar-refractivity contribution in [1.29, 1.82) is 0 Å². The number of benzene rings is 2. The molecule has 0 aliphatic rings. The molecule has 0 aliphatic carbocycles. The first kappa shape index (κ1) is 13.7. The Morgan fingerprint density at radius 3 is 2.32 bits per heavy atom. The zero-order chi connectivity index (χ0) is 13.8. The van der Waals surface area contributed by atoms with E-state index in [0.717, 1.165) is 5.56 Å². The van der Waals surface area contributed by atoms with Crippen LogP contribution in [0, 0.1) is 0 Å². The third kappa shape index (κ3) is 3.60. The highest BCUT2D eigenvalue weighted by molar-refractivity contribution is 6.42. The van der Waals surface area contributed by atoms with Gasteiger partial charge in [-0.05, 0) is 48.0 Å². The fourth-order valence-corrected chi connectivity index (χ4v) is 1.82. The zero-order valence-corrected chi connectivity index (χ0v) is 11.3. The fourth-order valence-electron chi connectivity index (χ4n) is 1.51. The maximum Gasteiger partial charge on any atom is 0.185 e. The van der Waals surface area contributed by atoms with Crippen molar-refractivity contribution in [2.24, 2.45) is 0 Å². The van der Waals surface area contributed by atoms with Gasteiger partial charge in [0.2, 0.25) is 0 Å². The Kier molecular flexibility index (Phi) is 4.25. The average molecular weight is 293 g/mol. The summed E-state index contributed by atoms with van der Waals surface area (Å²) in [4.78, 5) is 11.9. The molecule has 0 unspecified atom stereocenters. The number of hydrogen-bond donors (Lipinski definition) is 1. The summed E-state index contributed by atoms with van der Waals surface area (Å²) in [5.41, 5.74) is 1.30. The topological polar surface area (TPSA) is 37.3 Å². The number of rotatable bonds is 3. The van der Waals surface area contributed by atoms with E-state index in [1.54, 1.807) is 36.4 Å². The monoisotopic (exact) mass is 292 g/mol. The summed E-state index contributed by atoms with van der Waals surface area (Å²) < 4.78 is 0. The van der Waals surface area contributed by atoms with Crippen molar-refractivity contribution < 1.29 is 9.90 Å². The molecule has 4 heteroatoms. The van der Waals surface area contributed by atoms with Crippen LogP contribution in [0.2, 0.25) is 10.0 Å². The van der Waals surface area contributed by atoms with Crippen molar-refractivity contribution in [3.8, 4) is 5.75 Å². The Morgan fingerprint density at radius 1 is 1.00 bits per heavy atom. The van der Waals surface area contributed by atoms with Gasteiger partial charge in [0.1, 0.15) is 5.75 Å². The molecular weight excluding hydrogens is 283 g/mol. The van der Waals surface area contributed by atoms with Gasteiger partial charge >= 0.3 is 0 Å². The standard InChI is InChI=1S/C15H10Cl2O2/c16-13-7-1-10(9-14(13)17)2-8-15(19)11-3-5-12(18)6-4-11/h1-9,18H/b8-2-. The highest BCUT2D eigenvalue weighted by Crippen LogP contribution is 2.23. The lowest BCUT2D eigenvalue weighted by Crippen LogP contribution is -1.92. The minimum atomic E-state index is -0.147. The van der Waals surface area contributed by atoms with E-state index in [-0.39, 0.29) is 11.5 Å². The lowest BCUT2D eigenvalue weighted by Gasteiger charge is -1.98. The quantitative estimate of drug-likeness (QED) is 0.663. The molecule has 0 radical (unpaired) electrons. The first-order chi connectivity index (χ1) is 9.06. The minimum Gasteiger partial charge on any atom is -0.508 e. The summed E-state index contributed by atoms with van der Waals surface area (Å²) in [6, 6.07) is 11.2. The molecule has 0 atom stereocenters. The van der Waals surface area contributed by atoms with E-state index < -0.39 is 0 Å². The Bertz CT molecular complexity index is 631. The molecule has 0 saturated carbocycles. The summed E-state index contributed by atoms with van der Waals surface area (Å²) in [6.45, 7) is 0. The molecule has 2 rings (SSSR count). The van der Waals surface area contributed by atoms with Crippen LogP contribution in [0.15, 0.2) is 48.5 Å². The van der Waals surface area contributed by atoms with Gasteiger partial charge in [0.25, 0.3) is 0 Å². The van der Waals surface area contributed by atoms with Gasteiger partial charge in [-0.2, -0.15) is 0 Å². The van der Waals surface area contributed by atoms with Gasteiger partial charge in [-0.25, -0.2) is 0 Å². The Morgan fingerprint density at radius 2 is 1.68 bits per heavy atom. The average Bonchev–Trinajstić information content (AvgIpc) is 2.40. The molecule has 0 aliphatic heterocycles. The summed E-state index contributed by atoms with van der Waals surface area (Å²) in [5, 5.41) is 10.1. The van der Waals surface area contributed by atoms with Gasteiger partial charge in [0.15, 0.2) is 5.78 Å². The molecule has 0 heterocycles. The number of ketones is 1. The molecule has 19 heavy (non-hydrogen) atoms. The number of halogens is 2. The summed E-state index contributed by atoms with van der Waals surface area (Å²) >= 11 is 11.7. The lowest BCUT2D eigenvalue weighted by molar-refractivity contribution is 0.104. The van der Waals surface area contributed by atoms with Crippen LogP contribution in [-0.2, 0) is 0 Å². The van der Waals surface area contributed by atoms with E-state index in [2.05, 4.69) is 0 Å². The van der Waals surface area contributed by atoms with E-state index in [9.17, 15) is 4.79 Å². The van der Waals surface area contributed by atoms with Gasteiger partial charge in [0, 0.05) is 5.56 Å². The van der Waals surface area contributed by atoms with Crippen LogP contribution in [0.3, 0.4) is 0 Å². The maximum absolute atomic E-state index is 11.9. The highest BCUT2D eigenvalue weighted by Gasteiger charge is 2.02. The fraction of sp³-hybridized carbons (Fsp3) is 0. The van der Waals surface area contributed by atoms with Gasteiger partial charge < -0.3 is 5.11 Å². The van der Waals surface area contributed by atoms with Crippen LogP contribution in [0.4, 0.5) is 0 Å². The van der Waals surface area contributed by atoms with Crippen LogP contribution >= 0.6 is 23.2 Å². The summed E-state index contributed by atoms with van der Waals surface area (Å²) in [7, 11) is 0. The van der Waals surface area contributed by atoms with Crippen LogP contribution in [0.25, 0.3) is 6.08 Å². The van der Waals surface area contributed by atoms with Gasteiger partial charge in [-0.15, -0.1) is 0 Å². The molecule has 0 saturated heterocycles. The maximum atomic E-state index is 11.9. The van der Waals surface area contributed by atoms with E-state index in [1.807, 2.05) is 0 Å². The second-order valence-corrected chi connectivity index (χ2v) is 4.73. The Hall–Kier alpha value is -1.77. The molecule has 2 nitrogen and oxygen atoms in total. The molecule has 96 valence electrons. The Balaban J connectivity index is 2.15. The lowest BCUT2D eigenvalue weighted by atomic mass is 10.1. The third-order valence-electron chi connectivity index (χ3n) is 2.52. The molecule has 0 amide bonds. The molecule has 0 aromatic heterocycles. The van der Waals surface area contributed by atoms with Crippen molar-refractivity contribution in [2.75, 3.05) is 0 Å². The molecule has 0 bridgehead atoms. The normalized spacial score (nSPS) is 10.8.